The Balaban J connectivity index is 0.000000389. The van der Waals surface area contributed by atoms with Crippen LogP contribution in [0, 0.1) is 5.92 Å². The number of carbonyl (C=O) groups is 3. The fraction of sp³-hybridized carbons (Fsp3) is 0.389. The number of hydrogen-bond donors (Lipinski definition) is 4. The number of amides is 3. The van der Waals surface area contributed by atoms with Gasteiger partial charge in [0.05, 0.1) is 22.8 Å². The second-order valence-corrected chi connectivity index (χ2v) is 11.9. The van der Waals surface area contributed by atoms with Gasteiger partial charge in [0.2, 0.25) is 18.7 Å². The normalized spacial score (nSPS) is 13.4. The molecule has 2 aromatic heterocycles. The van der Waals surface area contributed by atoms with Gasteiger partial charge in [0, 0.05) is 48.7 Å². The van der Waals surface area contributed by atoms with E-state index in [0.717, 1.165) is 75.9 Å². The molecule has 5 N–H and O–H groups in total. The molecule has 256 valence electrons. The molecule has 0 saturated carbocycles. The number of likely N-dealkylation sites (tertiary alicyclic amines) is 1. The molecule has 0 spiro atoms. The van der Waals surface area contributed by atoms with Crippen LogP contribution >= 0.6 is 11.8 Å². The maximum Gasteiger partial charge on any atom is 0.227 e. The van der Waals surface area contributed by atoms with Crippen LogP contribution in [0.5, 0.6) is 11.5 Å². The molecule has 4 heterocycles. The lowest BCUT2D eigenvalue weighted by Gasteiger charge is -2.22. The molecule has 1 atom stereocenters. The number of aromatic nitrogens is 2. The van der Waals surface area contributed by atoms with Crippen molar-refractivity contribution < 1.29 is 24.2 Å². The topological polar surface area (TPSA) is 151 Å². The van der Waals surface area contributed by atoms with Gasteiger partial charge in [-0.2, -0.15) is 0 Å². The van der Waals surface area contributed by atoms with E-state index in [0.29, 0.717) is 25.4 Å². The number of rotatable bonds is 5. The largest absolute Gasteiger partial charge is 0.455 e. The van der Waals surface area contributed by atoms with Crippen LogP contribution < -0.4 is 15.8 Å². The summed E-state index contributed by atoms with van der Waals surface area (Å²) in [6.45, 7) is 14.1. The van der Waals surface area contributed by atoms with Gasteiger partial charge < -0.3 is 30.8 Å². The van der Waals surface area contributed by atoms with Gasteiger partial charge >= 0.3 is 0 Å². The number of para-hydroxylation sites is 1. The van der Waals surface area contributed by atoms with Crippen LogP contribution in [0.1, 0.15) is 65.6 Å². The van der Waals surface area contributed by atoms with E-state index in [9.17, 15) is 9.59 Å². The number of ether oxygens (including phenoxy) is 1. The van der Waals surface area contributed by atoms with E-state index in [4.69, 9.17) is 14.6 Å². The predicted octanol–water partition coefficient (Wildman–Crippen LogP) is 6.70. The number of benzene rings is 2. The highest BCUT2D eigenvalue weighted by molar-refractivity contribution is 7.99. The Labute approximate surface area is 283 Å². The third-order valence-electron chi connectivity index (χ3n) is 6.38. The zero-order valence-corrected chi connectivity index (χ0v) is 29.5. The van der Waals surface area contributed by atoms with Gasteiger partial charge in [-0.25, -0.2) is 0 Å². The summed E-state index contributed by atoms with van der Waals surface area (Å²) < 4.78 is 6.00. The summed E-state index contributed by atoms with van der Waals surface area (Å²) in [6, 6.07) is 18.4. The first-order chi connectivity index (χ1) is 22.7. The van der Waals surface area contributed by atoms with E-state index in [1.165, 1.54) is 0 Å². The second-order valence-electron chi connectivity index (χ2n) is 10.8. The van der Waals surface area contributed by atoms with Gasteiger partial charge in [0.1, 0.15) is 11.5 Å². The number of carbonyl (C=O) groups excluding carboxylic acids is 3. The van der Waals surface area contributed by atoms with Crippen LogP contribution in [0.4, 0.5) is 0 Å². The highest BCUT2D eigenvalue weighted by Crippen LogP contribution is 2.47. The first kappa shape index (κ1) is 40.7. The van der Waals surface area contributed by atoms with E-state index in [1.807, 2.05) is 61.2 Å². The number of primary amides is 1. The van der Waals surface area contributed by atoms with Crippen molar-refractivity contribution in [2.75, 3.05) is 13.7 Å². The maximum absolute atomic E-state index is 12.5. The number of nitrogens with zero attached hydrogens (tertiary/aromatic N) is 2. The number of nitrogens with one attached hydrogen (secondary N) is 2. The summed E-state index contributed by atoms with van der Waals surface area (Å²) in [7, 11) is 1.00. The first-order valence-corrected chi connectivity index (χ1v) is 16.6. The van der Waals surface area contributed by atoms with Gasteiger partial charge in [-0.05, 0) is 67.6 Å². The number of aliphatic hydroxyl groups excluding tert-OH is 1. The van der Waals surface area contributed by atoms with Crippen molar-refractivity contribution in [3.05, 3.63) is 78.2 Å². The minimum Gasteiger partial charge on any atom is -0.455 e. The maximum atomic E-state index is 12.5. The van der Waals surface area contributed by atoms with Gasteiger partial charge in [-0.15, -0.1) is 0 Å². The van der Waals surface area contributed by atoms with Gasteiger partial charge in [-0.3, -0.25) is 19.4 Å². The average Bonchev–Trinajstić information content (AvgIpc) is 3.71. The standard InChI is InChI=1S/C19H19NO2S.C9H9N3O.C4H10.C2H6.CH3NO.CH4O/c1-13-5-4-10-20(13)19(21)12-14-8-9-18-16(11-14)22-15-6-2-3-7-17(15)23-18;13-6-11-5-8-3-7-4-10-2-1-9(7)12-8;1-4(2)3;1-2;2-1-3;1-2/h2-3,6-9,11,13H,4-5,10,12H2,1H3;1-4,6,12H,5H2,(H,11,13);4H,1-3H3;1-2H3;1H,(H2,2,3);2H,1H3. The number of aliphatic hydroxyl groups is 1. The molecule has 6 rings (SSSR count). The molecule has 1 saturated heterocycles. The van der Waals surface area contributed by atoms with Crippen LogP contribution in [-0.2, 0) is 27.3 Å². The van der Waals surface area contributed by atoms with Crippen molar-refractivity contribution in [3.8, 4) is 11.5 Å². The van der Waals surface area contributed by atoms with E-state index in [2.05, 4.69) is 60.8 Å². The lowest BCUT2D eigenvalue weighted by Crippen LogP contribution is -2.34. The molecule has 4 aromatic rings. The number of aromatic amines is 1. The van der Waals surface area contributed by atoms with Crippen LogP contribution in [0.3, 0.4) is 0 Å². The summed E-state index contributed by atoms with van der Waals surface area (Å²) in [5.41, 5.74) is 7.21. The fourth-order valence-corrected chi connectivity index (χ4v) is 5.47. The van der Waals surface area contributed by atoms with Crippen LogP contribution in [-0.4, -0.2) is 58.4 Å². The lowest BCUT2D eigenvalue weighted by molar-refractivity contribution is -0.131. The Bertz CT molecular complexity index is 1460. The molecule has 1 unspecified atom stereocenters. The summed E-state index contributed by atoms with van der Waals surface area (Å²) in [5.74, 6) is 2.80. The monoisotopic (exact) mass is 665 g/mol. The summed E-state index contributed by atoms with van der Waals surface area (Å²) in [5, 5.41) is 10.7. The molecule has 47 heavy (non-hydrogen) atoms. The zero-order valence-electron chi connectivity index (χ0n) is 28.7. The Kier molecular flexibility index (Phi) is 19.9. The van der Waals surface area contributed by atoms with E-state index in [-0.39, 0.29) is 12.3 Å². The number of nitrogens with two attached hydrogens (primary N) is 1. The minimum atomic E-state index is 0.221. The molecule has 2 aromatic carbocycles. The number of hydrogen-bond acceptors (Lipinski definition) is 7. The van der Waals surface area contributed by atoms with Gasteiger partial charge in [0.25, 0.3) is 0 Å². The first-order valence-electron chi connectivity index (χ1n) is 15.8. The van der Waals surface area contributed by atoms with Crippen molar-refractivity contribution in [2.24, 2.45) is 11.7 Å². The van der Waals surface area contributed by atoms with Crippen molar-refractivity contribution in [2.45, 2.75) is 83.2 Å². The number of pyridine rings is 1. The van der Waals surface area contributed by atoms with Crippen molar-refractivity contribution in [3.63, 3.8) is 0 Å². The van der Waals surface area contributed by atoms with Crippen molar-refractivity contribution in [1.82, 2.24) is 20.2 Å². The van der Waals surface area contributed by atoms with E-state index in [1.54, 1.807) is 24.2 Å². The predicted molar refractivity (Wildman–Crippen MR) is 190 cm³/mol. The molecule has 3 amide bonds. The van der Waals surface area contributed by atoms with Crippen LogP contribution in [0.25, 0.3) is 10.9 Å². The Morgan fingerprint density at radius 3 is 2.38 bits per heavy atom. The molecule has 0 radical (unpaired) electrons. The summed E-state index contributed by atoms with van der Waals surface area (Å²) in [6.07, 6.45) is 7.14. The van der Waals surface area contributed by atoms with Crippen molar-refractivity contribution >= 4 is 41.4 Å². The van der Waals surface area contributed by atoms with Gasteiger partial charge in [0.15, 0.2) is 0 Å². The van der Waals surface area contributed by atoms with Crippen LogP contribution in [0.15, 0.2) is 76.8 Å². The highest BCUT2D eigenvalue weighted by atomic mass is 32.2. The highest BCUT2D eigenvalue weighted by Gasteiger charge is 2.25. The fourth-order valence-electron chi connectivity index (χ4n) is 4.54. The van der Waals surface area contributed by atoms with Crippen LogP contribution in [0.2, 0.25) is 0 Å². The third kappa shape index (κ3) is 13.9. The molecular formula is C36H51N5O5S. The smallest absolute Gasteiger partial charge is 0.227 e. The molecule has 10 nitrogen and oxygen atoms in total. The number of H-pyrrole nitrogens is 1. The Hall–Kier alpha value is -4.35. The second kappa shape index (κ2) is 23.0. The molecule has 0 aliphatic carbocycles. The molecule has 2 aliphatic heterocycles. The average molecular weight is 666 g/mol. The Morgan fingerprint density at radius 1 is 1.11 bits per heavy atom. The third-order valence-corrected chi connectivity index (χ3v) is 7.49. The molecular weight excluding hydrogens is 614 g/mol. The zero-order chi connectivity index (χ0) is 35.2. The van der Waals surface area contributed by atoms with Gasteiger partial charge in [-0.1, -0.05) is 64.6 Å². The number of fused-ring (bicyclic) bond motifs is 3. The summed E-state index contributed by atoms with van der Waals surface area (Å²) >= 11 is 1.72. The Morgan fingerprint density at radius 2 is 1.77 bits per heavy atom. The summed E-state index contributed by atoms with van der Waals surface area (Å²) in [4.78, 5) is 42.5. The van der Waals surface area contributed by atoms with E-state index >= 15 is 0 Å². The minimum absolute atomic E-state index is 0.221. The van der Waals surface area contributed by atoms with Crippen molar-refractivity contribution in [1.29, 1.82) is 0 Å². The quantitative estimate of drug-likeness (QED) is 0.153. The molecule has 0 bridgehead atoms. The molecule has 2 aliphatic rings. The molecule has 1 fully saturated rings. The van der Waals surface area contributed by atoms with E-state index < -0.39 is 0 Å². The lowest BCUT2D eigenvalue weighted by atomic mass is 10.1. The molecule has 11 heteroatoms. The SMILES string of the molecule is CC.CC(C)C.CC1CCCN1C(=O)Cc1ccc2c(c1)Oc1ccccc1S2.CO.NC=O.O=CNCc1cc2cnccc2[nH]1.